The number of rotatable bonds is 6. The summed E-state index contributed by atoms with van der Waals surface area (Å²) >= 11 is 0. The Labute approximate surface area is 229 Å². The zero-order valence-corrected chi connectivity index (χ0v) is 21.9. The molecule has 0 aliphatic carbocycles. The van der Waals surface area contributed by atoms with Gasteiger partial charge in [-0.2, -0.15) is 5.26 Å². The van der Waals surface area contributed by atoms with Gasteiger partial charge >= 0.3 is 5.69 Å². The summed E-state index contributed by atoms with van der Waals surface area (Å²) in [6.07, 6.45) is 3.55. The van der Waals surface area contributed by atoms with Gasteiger partial charge in [0.1, 0.15) is 35.0 Å². The minimum absolute atomic E-state index is 0.0885. The predicted molar refractivity (Wildman–Crippen MR) is 147 cm³/mol. The molecule has 2 N–H and O–H groups in total. The van der Waals surface area contributed by atoms with E-state index < -0.39 is 0 Å². The Morgan fingerprint density at radius 2 is 1.88 bits per heavy atom. The van der Waals surface area contributed by atoms with Gasteiger partial charge in [0, 0.05) is 18.5 Å². The summed E-state index contributed by atoms with van der Waals surface area (Å²) in [7, 11) is 0. The largest absolute Gasteiger partial charge is 0.457 e. The Hall–Kier alpha value is -4.95. The smallest absolute Gasteiger partial charge is 0.335 e. The molecule has 1 amide bonds. The minimum atomic E-state index is -0.349. The maximum absolute atomic E-state index is 13.9. The molecule has 6 rings (SSSR count). The molecule has 11 heteroatoms. The number of para-hydroxylation sites is 1. The number of carbonyl (C=O) groups is 1. The van der Waals surface area contributed by atoms with Crippen LogP contribution >= 0.6 is 0 Å². The van der Waals surface area contributed by atoms with Gasteiger partial charge in [-0.05, 0) is 42.8 Å². The predicted octanol–water partition coefficient (Wildman–Crippen LogP) is 3.22. The van der Waals surface area contributed by atoms with Gasteiger partial charge < -0.3 is 20.1 Å². The molecule has 2 aromatic carbocycles. The van der Waals surface area contributed by atoms with E-state index in [-0.39, 0.29) is 41.0 Å². The van der Waals surface area contributed by atoms with Crippen LogP contribution in [-0.2, 0) is 9.53 Å². The molecule has 2 aromatic heterocycles. The summed E-state index contributed by atoms with van der Waals surface area (Å²) in [4.78, 5) is 37.2. The van der Waals surface area contributed by atoms with E-state index in [4.69, 9.17) is 15.2 Å². The van der Waals surface area contributed by atoms with Crippen LogP contribution in [0.25, 0.3) is 16.9 Å². The monoisotopic (exact) mass is 537 g/mol. The van der Waals surface area contributed by atoms with Crippen LogP contribution in [0.15, 0.2) is 77.4 Å². The number of nitrogen functional groups attached to an aromatic ring is 1. The lowest BCUT2D eigenvalue weighted by molar-refractivity contribution is -0.126. The van der Waals surface area contributed by atoms with Crippen LogP contribution in [0.5, 0.6) is 11.5 Å². The van der Waals surface area contributed by atoms with E-state index in [1.165, 1.54) is 10.9 Å². The average molecular weight is 538 g/mol. The molecule has 1 atom stereocenters. The molecule has 0 spiro atoms. The first-order valence-corrected chi connectivity index (χ1v) is 12.9. The SMILES string of the molecule is CC1(C=C(C#N)C(=O)N2CCC(n3c(=O)n(-c4ccc(Oc5ccccc5)cc4)c4c(N)ncnc43)C2)COC1. The second-order valence-corrected chi connectivity index (χ2v) is 10.3. The molecule has 2 saturated heterocycles. The first-order valence-electron chi connectivity index (χ1n) is 12.9. The second kappa shape index (κ2) is 9.98. The van der Waals surface area contributed by atoms with Crippen LogP contribution in [0.2, 0.25) is 0 Å². The molecular formula is C29H27N7O4. The van der Waals surface area contributed by atoms with Crippen LogP contribution in [0.3, 0.4) is 0 Å². The van der Waals surface area contributed by atoms with Crippen molar-refractivity contribution in [1.82, 2.24) is 24.0 Å². The quantitative estimate of drug-likeness (QED) is 0.292. The summed E-state index contributed by atoms with van der Waals surface area (Å²) in [6, 6.07) is 18.2. The Bertz CT molecular complexity index is 1710. The molecule has 2 fully saturated rings. The third-order valence-electron chi connectivity index (χ3n) is 7.28. The summed E-state index contributed by atoms with van der Waals surface area (Å²) in [5.41, 5.74) is 7.04. The molecule has 0 saturated carbocycles. The number of nitriles is 1. The number of benzene rings is 2. The Morgan fingerprint density at radius 3 is 2.55 bits per heavy atom. The Morgan fingerprint density at radius 1 is 1.15 bits per heavy atom. The maximum Gasteiger partial charge on any atom is 0.335 e. The molecule has 11 nitrogen and oxygen atoms in total. The van der Waals surface area contributed by atoms with E-state index in [9.17, 15) is 14.9 Å². The molecular weight excluding hydrogens is 510 g/mol. The van der Waals surface area contributed by atoms with Gasteiger partial charge in [0.25, 0.3) is 5.91 Å². The molecule has 202 valence electrons. The van der Waals surface area contributed by atoms with Crippen molar-refractivity contribution in [2.24, 2.45) is 5.41 Å². The number of ether oxygens (including phenoxy) is 2. The first-order chi connectivity index (χ1) is 19.4. The van der Waals surface area contributed by atoms with Crippen LogP contribution in [0.1, 0.15) is 19.4 Å². The standard InChI is InChI=1S/C29H27N7O4/c1-29(16-39-17-29)13-19(14-30)27(37)34-12-11-21(15-34)36-26-24(25(31)32-18-33-26)35(28(36)38)20-7-9-23(10-8-20)40-22-5-3-2-4-6-22/h2-10,13,18,21H,11-12,15-17H2,1H3,(H2,31,32,33). The molecule has 1 unspecified atom stereocenters. The number of imidazole rings is 1. The fourth-order valence-corrected chi connectivity index (χ4v) is 5.23. The lowest BCUT2D eigenvalue weighted by Gasteiger charge is -2.35. The van der Waals surface area contributed by atoms with E-state index in [0.717, 1.165) is 0 Å². The van der Waals surface area contributed by atoms with Crippen molar-refractivity contribution in [1.29, 1.82) is 5.26 Å². The van der Waals surface area contributed by atoms with Gasteiger partial charge in [-0.25, -0.2) is 14.8 Å². The number of amides is 1. The molecule has 0 bridgehead atoms. The van der Waals surface area contributed by atoms with Crippen LogP contribution in [0.4, 0.5) is 5.82 Å². The molecule has 4 heterocycles. The highest BCUT2D eigenvalue weighted by Gasteiger charge is 2.36. The lowest BCUT2D eigenvalue weighted by Crippen LogP contribution is -2.39. The van der Waals surface area contributed by atoms with E-state index >= 15 is 0 Å². The van der Waals surface area contributed by atoms with E-state index in [2.05, 4.69) is 9.97 Å². The van der Waals surface area contributed by atoms with Crippen molar-refractivity contribution in [3.63, 3.8) is 0 Å². The molecule has 40 heavy (non-hydrogen) atoms. The number of anilines is 1. The number of nitrogens with two attached hydrogens (primary N) is 1. The number of hydrogen-bond donors (Lipinski definition) is 1. The summed E-state index contributed by atoms with van der Waals surface area (Å²) in [5, 5.41) is 9.67. The fraction of sp³-hybridized carbons (Fsp3) is 0.276. The van der Waals surface area contributed by atoms with E-state index in [1.54, 1.807) is 39.8 Å². The first kappa shape index (κ1) is 25.3. The summed E-state index contributed by atoms with van der Waals surface area (Å²) in [5.74, 6) is 1.14. The third kappa shape index (κ3) is 4.48. The van der Waals surface area contributed by atoms with Gasteiger partial charge in [0.2, 0.25) is 0 Å². The van der Waals surface area contributed by atoms with Crippen LogP contribution in [0, 0.1) is 16.7 Å². The Kier molecular flexibility index (Phi) is 6.32. The van der Waals surface area contributed by atoms with Crippen molar-refractivity contribution in [3.8, 4) is 23.3 Å². The molecule has 2 aliphatic heterocycles. The number of hydrogen-bond acceptors (Lipinski definition) is 8. The maximum atomic E-state index is 13.9. The topological polar surface area (TPSA) is 141 Å². The van der Waals surface area contributed by atoms with Crippen LogP contribution < -0.4 is 16.2 Å². The summed E-state index contributed by atoms with van der Waals surface area (Å²) < 4.78 is 14.2. The van der Waals surface area contributed by atoms with Crippen molar-refractivity contribution in [2.45, 2.75) is 19.4 Å². The highest BCUT2D eigenvalue weighted by molar-refractivity contribution is 5.97. The van der Waals surface area contributed by atoms with Crippen molar-refractivity contribution in [2.75, 3.05) is 32.0 Å². The van der Waals surface area contributed by atoms with Gasteiger partial charge in [-0.1, -0.05) is 31.2 Å². The Balaban J connectivity index is 1.31. The number of likely N-dealkylation sites (tertiary alicyclic amines) is 1. The zero-order chi connectivity index (χ0) is 27.9. The second-order valence-electron chi connectivity index (χ2n) is 10.3. The van der Waals surface area contributed by atoms with E-state index in [0.29, 0.717) is 54.5 Å². The zero-order valence-electron chi connectivity index (χ0n) is 21.9. The van der Waals surface area contributed by atoms with Crippen molar-refractivity contribution >= 4 is 22.9 Å². The average Bonchev–Trinajstić information content (AvgIpc) is 3.54. The molecule has 0 radical (unpaired) electrons. The van der Waals surface area contributed by atoms with Crippen molar-refractivity contribution < 1.29 is 14.3 Å². The third-order valence-corrected chi connectivity index (χ3v) is 7.28. The van der Waals surface area contributed by atoms with Gasteiger partial charge in [-0.15, -0.1) is 0 Å². The number of nitrogens with zero attached hydrogens (tertiary/aromatic N) is 6. The lowest BCUT2D eigenvalue weighted by atomic mass is 9.86. The number of aromatic nitrogens is 4. The molecule has 4 aromatic rings. The number of carbonyl (C=O) groups excluding carboxylic acids is 1. The minimum Gasteiger partial charge on any atom is -0.457 e. The molecule has 2 aliphatic rings. The van der Waals surface area contributed by atoms with Gasteiger partial charge in [0.15, 0.2) is 11.5 Å². The highest BCUT2D eigenvalue weighted by Crippen LogP contribution is 2.32. The van der Waals surface area contributed by atoms with Gasteiger partial charge in [0.05, 0.1) is 24.9 Å². The van der Waals surface area contributed by atoms with E-state index in [1.807, 2.05) is 43.3 Å². The van der Waals surface area contributed by atoms with Gasteiger partial charge in [-0.3, -0.25) is 13.9 Å². The highest BCUT2D eigenvalue weighted by atomic mass is 16.5. The number of fused-ring (bicyclic) bond motifs is 1. The summed E-state index contributed by atoms with van der Waals surface area (Å²) in [6.45, 7) is 3.57. The normalized spacial score (nSPS) is 18.4. The van der Waals surface area contributed by atoms with Crippen LogP contribution in [-0.4, -0.2) is 56.2 Å². The van der Waals surface area contributed by atoms with Crippen molar-refractivity contribution in [3.05, 3.63) is 83.1 Å². The fourth-order valence-electron chi connectivity index (χ4n) is 5.23.